The predicted octanol–water partition coefficient (Wildman–Crippen LogP) is 5.79. The van der Waals surface area contributed by atoms with Gasteiger partial charge in [-0.2, -0.15) is 5.26 Å². The lowest BCUT2D eigenvalue weighted by atomic mass is 9.69. The van der Waals surface area contributed by atoms with Crippen LogP contribution in [0.4, 0.5) is 5.69 Å². The van der Waals surface area contributed by atoms with Crippen molar-refractivity contribution in [2.24, 2.45) is 5.41 Å². The van der Waals surface area contributed by atoms with Crippen molar-refractivity contribution >= 4 is 40.7 Å². The second-order valence-corrected chi connectivity index (χ2v) is 11.1. The third-order valence-corrected chi connectivity index (χ3v) is 7.63. The number of thioether (sulfide) groups is 1. The number of ether oxygens (including phenoxy) is 2. The number of dihydropyridines is 1. The summed E-state index contributed by atoms with van der Waals surface area (Å²) in [6.45, 7) is 4.11. The van der Waals surface area contributed by atoms with E-state index in [0.717, 1.165) is 11.3 Å². The van der Waals surface area contributed by atoms with Gasteiger partial charge in [0.15, 0.2) is 5.78 Å². The van der Waals surface area contributed by atoms with E-state index in [4.69, 9.17) is 21.1 Å². The number of nitriles is 1. The second-order valence-electron chi connectivity index (χ2n) is 9.70. The largest absolute Gasteiger partial charge is 0.497 e. The smallest absolute Gasteiger partial charge is 0.234 e. The van der Waals surface area contributed by atoms with Crippen LogP contribution in [0.1, 0.15) is 38.2 Å². The van der Waals surface area contributed by atoms with Crippen LogP contribution in [0.3, 0.4) is 0 Å². The van der Waals surface area contributed by atoms with Crippen LogP contribution in [-0.2, 0) is 9.59 Å². The first kappa shape index (κ1) is 26.6. The predicted molar refractivity (Wildman–Crippen MR) is 146 cm³/mol. The maximum Gasteiger partial charge on any atom is 0.234 e. The van der Waals surface area contributed by atoms with Crippen LogP contribution in [0.15, 0.2) is 64.3 Å². The molecule has 0 spiro atoms. The minimum Gasteiger partial charge on any atom is -0.497 e. The first-order chi connectivity index (χ1) is 17.7. The average molecular weight is 538 g/mol. The zero-order valence-corrected chi connectivity index (χ0v) is 22.7. The van der Waals surface area contributed by atoms with E-state index >= 15 is 0 Å². The lowest BCUT2D eigenvalue weighted by Crippen LogP contribution is -2.37. The standard InChI is InChI=1S/C28H28ClN3O4S/c1-28(2)12-21-26(22(33)13-28)25(16-5-7-17(29)8-6-16)19(14-30)27(32-21)37-15-24(34)31-20-11-18(35-3)9-10-23(20)36-4/h5-11,25,32H,12-13,15H2,1-4H3,(H,31,34). The molecule has 1 aliphatic carbocycles. The molecule has 0 bridgehead atoms. The third kappa shape index (κ3) is 5.79. The molecule has 0 fully saturated rings. The highest BCUT2D eigenvalue weighted by Crippen LogP contribution is 2.48. The first-order valence-electron chi connectivity index (χ1n) is 11.7. The summed E-state index contributed by atoms with van der Waals surface area (Å²) in [7, 11) is 3.07. The normalized spacial score (nSPS) is 18.5. The maximum atomic E-state index is 13.3. The van der Waals surface area contributed by atoms with Gasteiger partial charge in [0.25, 0.3) is 0 Å². The van der Waals surface area contributed by atoms with Crippen LogP contribution in [0.2, 0.25) is 5.02 Å². The van der Waals surface area contributed by atoms with E-state index in [0.29, 0.717) is 51.2 Å². The Morgan fingerprint density at radius 3 is 2.57 bits per heavy atom. The monoisotopic (exact) mass is 537 g/mol. The minimum atomic E-state index is -0.522. The third-order valence-electron chi connectivity index (χ3n) is 6.36. The Labute approximate surface area is 225 Å². The molecular formula is C28H28ClN3O4S. The Bertz CT molecular complexity index is 1340. The zero-order valence-electron chi connectivity index (χ0n) is 21.1. The van der Waals surface area contributed by atoms with Crippen LogP contribution < -0.4 is 20.1 Å². The molecule has 1 unspecified atom stereocenters. The van der Waals surface area contributed by atoms with Crippen molar-refractivity contribution < 1.29 is 19.1 Å². The van der Waals surface area contributed by atoms with E-state index in [1.54, 1.807) is 37.4 Å². The van der Waals surface area contributed by atoms with Gasteiger partial charge in [0.2, 0.25) is 5.91 Å². The van der Waals surface area contributed by atoms with Crippen molar-refractivity contribution in [3.05, 3.63) is 74.9 Å². The first-order valence-corrected chi connectivity index (χ1v) is 13.1. The van der Waals surface area contributed by atoms with Crippen molar-refractivity contribution in [3.8, 4) is 17.6 Å². The zero-order chi connectivity index (χ0) is 26.7. The molecule has 1 heterocycles. The van der Waals surface area contributed by atoms with Crippen molar-refractivity contribution in [1.82, 2.24) is 5.32 Å². The fourth-order valence-corrected chi connectivity index (χ4v) is 5.70. The maximum absolute atomic E-state index is 13.3. The molecule has 0 saturated carbocycles. The molecule has 0 saturated heterocycles. The van der Waals surface area contributed by atoms with Crippen LogP contribution in [0.5, 0.6) is 11.5 Å². The van der Waals surface area contributed by atoms with Gasteiger partial charge in [0, 0.05) is 28.8 Å². The molecule has 1 amide bonds. The van der Waals surface area contributed by atoms with Crippen molar-refractivity contribution in [2.45, 2.75) is 32.6 Å². The lowest BCUT2D eigenvalue weighted by Gasteiger charge is -2.39. The van der Waals surface area contributed by atoms with Gasteiger partial charge in [0.1, 0.15) is 11.5 Å². The molecule has 9 heteroatoms. The molecule has 2 aromatic rings. The van der Waals surface area contributed by atoms with Crippen LogP contribution in [-0.4, -0.2) is 31.7 Å². The van der Waals surface area contributed by atoms with E-state index in [9.17, 15) is 14.9 Å². The number of ketones is 1. The number of methoxy groups -OCH3 is 2. The number of benzene rings is 2. The molecule has 2 aliphatic rings. The number of halogens is 1. The molecule has 1 aliphatic heterocycles. The van der Waals surface area contributed by atoms with Gasteiger partial charge in [-0.1, -0.05) is 49.3 Å². The molecule has 4 rings (SSSR count). The summed E-state index contributed by atoms with van der Waals surface area (Å²) >= 11 is 7.34. The van der Waals surface area contributed by atoms with Gasteiger partial charge in [-0.15, -0.1) is 0 Å². The highest BCUT2D eigenvalue weighted by Gasteiger charge is 2.42. The highest BCUT2D eigenvalue weighted by atomic mass is 35.5. The number of rotatable bonds is 7. The number of amides is 1. The fourth-order valence-electron chi connectivity index (χ4n) is 4.71. The Hall–Kier alpha value is -3.41. The van der Waals surface area contributed by atoms with Crippen LogP contribution in [0.25, 0.3) is 0 Å². The van der Waals surface area contributed by atoms with Crippen molar-refractivity contribution in [1.29, 1.82) is 5.26 Å². The van der Waals surface area contributed by atoms with Gasteiger partial charge < -0.3 is 20.1 Å². The number of carbonyl (C=O) groups is 2. The van der Waals surface area contributed by atoms with E-state index in [2.05, 4.69) is 30.6 Å². The Balaban J connectivity index is 1.63. The molecule has 1 atom stereocenters. The molecule has 7 nitrogen and oxygen atoms in total. The number of nitrogens with one attached hydrogen (secondary N) is 2. The van der Waals surface area contributed by atoms with E-state index in [1.807, 2.05) is 12.1 Å². The van der Waals surface area contributed by atoms with Gasteiger partial charge in [-0.05, 0) is 41.7 Å². The summed E-state index contributed by atoms with van der Waals surface area (Å²) in [5, 5.41) is 17.5. The Kier molecular flexibility index (Phi) is 7.86. The number of allylic oxidation sites excluding steroid dienone is 3. The molecule has 0 radical (unpaired) electrons. The summed E-state index contributed by atoms with van der Waals surface area (Å²) in [5.41, 5.74) is 2.92. The van der Waals surface area contributed by atoms with Crippen LogP contribution in [0, 0.1) is 16.7 Å². The van der Waals surface area contributed by atoms with Crippen LogP contribution >= 0.6 is 23.4 Å². The quantitative estimate of drug-likeness (QED) is 0.460. The Morgan fingerprint density at radius 1 is 1.19 bits per heavy atom. The average Bonchev–Trinajstić information content (AvgIpc) is 2.86. The van der Waals surface area contributed by atoms with Crippen molar-refractivity contribution in [2.75, 3.05) is 25.3 Å². The molecule has 2 aromatic carbocycles. The summed E-state index contributed by atoms with van der Waals surface area (Å²) in [5.74, 6) is 0.367. The van der Waals surface area contributed by atoms with E-state index < -0.39 is 5.92 Å². The second kappa shape index (κ2) is 10.9. The van der Waals surface area contributed by atoms with Gasteiger partial charge in [0.05, 0.1) is 48.2 Å². The number of hydrogen-bond donors (Lipinski definition) is 2. The SMILES string of the molecule is COc1ccc(OC)c(NC(=O)CSC2=C(C#N)C(c3ccc(Cl)cc3)C3=C(CC(C)(C)CC3=O)N2)c1. The number of Topliss-reactive ketones (excluding diaryl/α,β-unsaturated/α-hetero) is 1. The summed E-state index contributed by atoms with van der Waals surface area (Å²) in [4.78, 5) is 26.2. The van der Waals surface area contributed by atoms with Gasteiger partial charge in [-0.25, -0.2) is 0 Å². The molecule has 192 valence electrons. The van der Waals surface area contributed by atoms with Gasteiger partial charge >= 0.3 is 0 Å². The lowest BCUT2D eigenvalue weighted by molar-refractivity contribution is -0.118. The summed E-state index contributed by atoms with van der Waals surface area (Å²) in [6.07, 6.45) is 1.07. The number of carbonyl (C=O) groups excluding carboxylic acids is 2. The number of nitrogens with zero attached hydrogens (tertiary/aromatic N) is 1. The van der Waals surface area contributed by atoms with E-state index in [1.165, 1.54) is 18.9 Å². The highest BCUT2D eigenvalue weighted by molar-refractivity contribution is 8.03. The topological polar surface area (TPSA) is 100 Å². The van der Waals surface area contributed by atoms with Crippen molar-refractivity contribution in [3.63, 3.8) is 0 Å². The fraction of sp³-hybridized carbons (Fsp3) is 0.321. The molecule has 0 aromatic heterocycles. The number of anilines is 1. The molecule has 2 N–H and O–H groups in total. The molecular weight excluding hydrogens is 510 g/mol. The summed E-state index contributed by atoms with van der Waals surface area (Å²) in [6, 6.07) is 14.7. The van der Waals surface area contributed by atoms with E-state index in [-0.39, 0.29) is 22.9 Å². The molecule has 37 heavy (non-hydrogen) atoms. The van der Waals surface area contributed by atoms with Gasteiger partial charge in [-0.3, -0.25) is 9.59 Å². The summed E-state index contributed by atoms with van der Waals surface area (Å²) < 4.78 is 10.6. The Morgan fingerprint density at radius 2 is 1.92 bits per heavy atom. The minimum absolute atomic E-state index is 0.0263. The number of hydrogen-bond acceptors (Lipinski definition) is 7.